The molecule has 4 aromatic rings. The van der Waals surface area contributed by atoms with E-state index in [2.05, 4.69) is 5.32 Å². The molecule has 4 rings (SSSR count). The van der Waals surface area contributed by atoms with Gasteiger partial charge in [0.1, 0.15) is 5.82 Å². The summed E-state index contributed by atoms with van der Waals surface area (Å²) in [6, 6.07) is 24.5. The molecular formula is C25H20FN3O3S. The molecule has 0 saturated heterocycles. The van der Waals surface area contributed by atoms with Crippen molar-refractivity contribution in [2.75, 3.05) is 11.1 Å². The molecule has 0 saturated carbocycles. The first-order valence-electron chi connectivity index (χ1n) is 9.91. The molecule has 0 aliphatic heterocycles. The Labute approximate surface area is 190 Å². The Balaban J connectivity index is 1.55. The van der Waals surface area contributed by atoms with Crippen molar-refractivity contribution in [3.8, 4) is 22.3 Å². The number of nitrogens with two attached hydrogens (primary N) is 2. The van der Waals surface area contributed by atoms with Gasteiger partial charge in [-0.1, -0.05) is 48.5 Å². The highest BCUT2D eigenvalue weighted by atomic mass is 32.2. The molecule has 0 heterocycles. The molecule has 0 unspecified atom stereocenters. The minimum Gasteiger partial charge on any atom is -0.396 e. The van der Waals surface area contributed by atoms with Crippen LogP contribution in [-0.4, -0.2) is 14.3 Å². The van der Waals surface area contributed by atoms with E-state index in [4.69, 9.17) is 10.9 Å². The number of anilines is 2. The Morgan fingerprint density at radius 1 is 0.788 bits per heavy atom. The van der Waals surface area contributed by atoms with Crippen LogP contribution in [0.3, 0.4) is 0 Å². The number of nitrogens with one attached hydrogen (secondary N) is 1. The molecule has 0 atom stereocenters. The quantitative estimate of drug-likeness (QED) is 0.376. The molecule has 1 amide bonds. The van der Waals surface area contributed by atoms with Gasteiger partial charge in [-0.3, -0.25) is 4.79 Å². The number of primary sulfonamides is 1. The van der Waals surface area contributed by atoms with Crippen LogP contribution in [-0.2, 0) is 10.0 Å². The van der Waals surface area contributed by atoms with Crippen molar-refractivity contribution in [3.05, 3.63) is 102 Å². The van der Waals surface area contributed by atoms with Gasteiger partial charge in [0, 0.05) is 16.8 Å². The standard InChI is InChI=1S/C25H20FN3O3S/c26-22-13-10-18(15-23(22)27)17-4-3-5-19(14-17)25(30)29-20-11-8-16(9-12-20)21-6-1-2-7-24(21)33(28,31)32/h1-15H,27H2,(H,29,30)(H2,28,31,32). The number of nitrogen functional groups attached to an aromatic ring is 1. The second-order valence-corrected chi connectivity index (χ2v) is 8.92. The molecule has 0 bridgehead atoms. The van der Waals surface area contributed by atoms with E-state index in [0.29, 0.717) is 27.9 Å². The van der Waals surface area contributed by atoms with Crippen LogP contribution in [0.15, 0.2) is 95.9 Å². The molecule has 5 N–H and O–H groups in total. The van der Waals surface area contributed by atoms with E-state index in [1.54, 1.807) is 72.8 Å². The highest BCUT2D eigenvalue weighted by Crippen LogP contribution is 2.28. The van der Waals surface area contributed by atoms with Crippen molar-refractivity contribution in [2.24, 2.45) is 5.14 Å². The predicted molar refractivity (Wildman–Crippen MR) is 127 cm³/mol. The first-order chi connectivity index (χ1) is 15.7. The van der Waals surface area contributed by atoms with Gasteiger partial charge in [-0.15, -0.1) is 0 Å². The molecule has 0 spiro atoms. The summed E-state index contributed by atoms with van der Waals surface area (Å²) in [7, 11) is -3.88. The molecule has 8 heteroatoms. The molecular weight excluding hydrogens is 441 g/mol. The van der Waals surface area contributed by atoms with Crippen molar-refractivity contribution < 1.29 is 17.6 Å². The number of halogens is 1. The summed E-state index contributed by atoms with van der Waals surface area (Å²) in [5, 5.41) is 8.13. The fourth-order valence-corrected chi connectivity index (χ4v) is 4.21. The van der Waals surface area contributed by atoms with Crippen LogP contribution in [0.1, 0.15) is 10.4 Å². The molecule has 0 radical (unpaired) electrons. The lowest BCUT2D eigenvalue weighted by molar-refractivity contribution is 0.102. The second-order valence-electron chi connectivity index (χ2n) is 7.39. The Morgan fingerprint density at radius 3 is 2.15 bits per heavy atom. The molecule has 166 valence electrons. The summed E-state index contributed by atoms with van der Waals surface area (Å²) in [6.07, 6.45) is 0. The minimum absolute atomic E-state index is 0.0278. The SMILES string of the molecule is Nc1cc(-c2cccc(C(=O)Nc3ccc(-c4ccccc4S(N)(=O)=O)cc3)c2)ccc1F. The van der Waals surface area contributed by atoms with Crippen LogP contribution in [0.4, 0.5) is 15.8 Å². The number of sulfonamides is 1. The van der Waals surface area contributed by atoms with Gasteiger partial charge in [-0.05, 0) is 59.2 Å². The van der Waals surface area contributed by atoms with Gasteiger partial charge in [0.05, 0.1) is 10.6 Å². The smallest absolute Gasteiger partial charge is 0.255 e. The largest absolute Gasteiger partial charge is 0.396 e. The molecule has 0 aliphatic carbocycles. The predicted octanol–water partition coefficient (Wildman–Crippen LogP) is 4.64. The van der Waals surface area contributed by atoms with Gasteiger partial charge >= 0.3 is 0 Å². The number of hydrogen-bond acceptors (Lipinski definition) is 4. The van der Waals surface area contributed by atoms with E-state index in [-0.39, 0.29) is 16.5 Å². The molecule has 0 aliphatic rings. The van der Waals surface area contributed by atoms with E-state index in [9.17, 15) is 17.6 Å². The summed E-state index contributed by atoms with van der Waals surface area (Å²) in [6.45, 7) is 0. The van der Waals surface area contributed by atoms with Gasteiger partial charge in [0.2, 0.25) is 10.0 Å². The molecule has 33 heavy (non-hydrogen) atoms. The van der Waals surface area contributed by atoms with Gasteiger partial charge in [-0.2, -0.15) is 0 Å². The van der Waals surface area contributed by atoms with Crippen molar-refractivity contribution in [1.82, 2.24) is 0 Å². The third kappa shape index (κ3) is 4.92. The Morgan fingerprint density at radius 2 is 1.45 bits per heavy atom. The Kier molecular flexibility index (Phi) is 5.95. The number of amides is 1. The van der Waals surface area contributed by atoms with E-state index in [0.717, 1.165) is 5.56 Å². The van der Waals surface area contributed by atoms with Crippen LogP contribution in [0.5, 0.6) is 0 Å². The second kappa shape index (κ2) is 8.85. The third-order valence-corrected chi connectivity index (χ3v) is 6.07. The van der Waals surface area contributed by atoms with Crippen molar-refractivity contribution >= 4 is 27.3 Å². The van der Waals surface area contributed by atoms with Crippen LogP contribution in [0.25, 0.3) is 22.3 Å². The van der Waals surface area contributed by atoms with Gasteiger partial charge in [0.25, 0.3) is 5.91 Å². The Hall–Kier alpha value is -4.01. The van der Waals surface area contributed by atoms with E-state index in [1.807, 2.05) is 0 Å². The van der Waals surface area contributed by atoms with Gasteiger partial charge in [0.15, 0.2) is 0 Å². The summed E-state index contributed by atoms with van der Waals surface area (Å²) < 4.78 is 37.2. The lowest BCUT2D eigenvalue weighted by Gasteiger charge is -2.10. The fraction of sp³-hybridized carbons (Fsp3) is 0. The normalized spacial score (nSPS) is 11.2. The topological polar surface area (TPSA) is 115 Å². The number of rotatable bonds is 5. The summed E-state index contributed by atoms with van der Waals surface area (Å²) in [5.74, 6) is -0.826. The molecule has 6 nitrogen and oxygen atoms in total. The maximum Gasteiger partial charge on any atom is 0.255 e. The van der Waals surface area contributed by atoms with Gasteiger partial charge < -0.3 is 11.1 Å². The lowest BCUT2D eigenvalue weighted by atomic mass is 10.0. The van der Waals surface area contributed by atoms with Crippen molar-refractivity contribution in [2.45, 2.75) is 4.90 Å². The van der Waals surface area contributed by atoms with Crippen molar-refractivity contribution in [3.63, 3.8) is 0 Å². The van der Waals surface area contributed by atoms with E-state index >= 15 is 0 Å². The zero-order valence-electron chi connectivity index (χ0n) is 17.3. The lowest BCUT2D eigenvalue weighted by Crippen LogP contribution is -2.13. The maximum atomic E-state index is 13.5. The molecule has 0 fully saturated rings. The zero-order valence-corrected chi connectivity index (χ0v) is 18.1. The first kappa shape index (κ1) is 22.2. The third-order valence-electron chi connectivity index (χ3n) is 5.10. The Bertz CT molecular complexity index is 1450. The van der Waals surface area contributed by atoms with Crippen LogP contribution < -0.4 is 16.2 Å². The minimum atomic E-state index is -3.88. The highest BCUT2D eigenvalue weighted by Gasteiger charge is 2.15. The first-order valence-corrected chi connectivity index (χ1v) is 11.5. The zero-order chi connectivity index (χ0) is 23.6. The van der Waals surface area contributed by atoms with E-state index < -0.39 is 15.8 Å². The summed E-state index contributed by atoms with van der Waals surface area (Å²) >= 11 is 0. The van der Waals surface area contributed by atoms with E-state index in [1.165, 1.54) is 18.2 Å². The maximum absolute atomic E-state index is 13.5. The van der Waals surface area contributed by atoms with Gasteiger partial charge in [-0.25, -0.2) is 17.9 Å². The number of carbonyl (C=O) groups is 1. The average molecular weight is 462 g/mol. The number of hydrogen-bond donors (Lipinski definition) is 3. The molecule has 4 aromatic carbocycles. The summed E-state index contributed by atoms with van der Waals surface area (Å²) in [5.41, 5.74) is 9.18. The fourth-order valence-electron chi connectivity index (χ4n) is 3.45. The monoisotopic (exact) mass is 461 g/mol. The van der Waals surface area contributed by atoms with Crippen LogP contribution in [0.2, 0.25) is 0 Å². The highest BCUT2D eigenvalue weighted by molar-refractivity contribution is 7.89. The number of carbonyl (C=O) groups excluding carboxylic acids is 1. The van der Waals surface area contributed by atoms with Crippen LogP contribution >= 0.6 is 0 Å². The average Bonchev–Trinajstić information content (AvgIpc) is 2.81. The van der Waals surface area contributed by atoms with Crippen LogP contribution in [0, 0.1) is 5.82 Å². The van der Waals surface area contributed by atoms with Crippen molar-refractivity contribution in [1.29, 1.82) is 0 Å². The summed E-state index contributed by atoms with van der Waals surface area (Å²) in [4.78, 5) is 12.8. The number of benzene rings is 4. The molecule has 0 aromatic heterocycles.